The fourth-order valence-corrected chi connectivity index (χ4v) is 5.95. The molecule has 0 aromatic carbocycles. The topological polar surface area (TPSA) is 116 Å². The van der Waals surface area contributed by atoms with Gasteiger partial charge in [-0.25, -0.2) is 22.2 Å². The van der Waals surface area contributed by atoms with Crippen LogP contribution < -0.4 is 10.1 Å². The van der Waals surface area contributed by atoms with E-state index in [4.69, 9.17) is 4.74 Å². The Morgan fingerprint density at radius 2 is 1.94 bits per heavy atom. The maximum Gasteiger partial charge on any atom is 0.253 e. The first-order chi connectivity index (χ1) is 15.9. The average molecular weight is 494 g/mol. The molecule has 182 valence electrons. The van der Waals surface area contributed by atoms with Crippen molar-refractivity contribution >= 4 is 26.8 Å². The Morgan fingerprint density at radius 3 is 2.56 bits per heavy atom. The number of ether oxygens (including phenoxy) is 1. The predicted molar refractivity (Wildman–Crippen MR) is 122 cm³/mol. The molecule has 0 saturated carbocycles. The Labute approximate surface area is 195 Å². The number of carbonyl (C=O) groups is 1. The van der Waals surface area contributed by atoms with Gasteiger partial charge in [-0.2, -0.15) is 5.10 Å². The first-order valence-electron chi connectivity index (χ1n) is 10.7. The van der Waals surface area contributed by atoms with Crippen molar-refractivity contribution in [3.8, 4) is 17.1 Å². The Kier molecular flexibility index (Phi) is 6.05. The first-order valence-corrected chi connectivity index (χ1v) is 12.5. The summed E-state index contributed by atoms with van der Waals surface area (Å²) in [6.45, 7) is 6.54. The summed E-state index contributed by atoms with van der Waals surface area (Å²) in [6.07, 6.45) is 1.10. The second-order valence-corrected chi connectivity index (χ2v) is 11.2. The molecule has 9 nitrogen and oxygen atoms in total. The number of aromatic nitrogens is 4. The molecule has 1 aliphatic heterocycles. The summed E-state index contributed by atoms with van der Waals surface area (Å²) in [5, 5.41) is 7.28. The molecule has 1 N–H and O–H groups in total. The minimum atomic E-state index is -3.13. The van der Waals surface area contributed by atoms with E-state index in [0.29, 0.717) is 11.0 Å². The Bertz CT molecular complexity index is 1360. The number of hydrogen-bond donors (Lipinski definition) is 1. The normalized spacial score (nSPS) is 17.4. The number of alkyl halides is 1. The largest absolute Gasteiger partial charge is 0.475 e. The standard InChI is InChI=1S/C22H25F2N5O4S/c1-12(2)29-17-5-14(21(30)27-22(4)10-34(31,32)11-22)7-26-20(17)19(28-29)15-6-18(25-8-16(15)24)33-9-13(3)23/h5-8,12-13H,9-11H2,1-4H3,(H,27,30). The summed E-state index contributed by atoms with van der Waals surface area (Å²) in [5.41, 5.74) is 0.561. The van der Waals surface area contributed by atoms with Crippen molar-refractivity contribution in [1.82, 2.24) is 25.1 Å². The Balaban J connectivity index is 1.72. The van der Waals surface area contributed by atoms with Crippen LogP contribution in [0.1, 0.15) is 44.1 Å². The predicted octanol–water partition coefficient (Wildman–Crippen LogP) is 2.87. The molecule has 34 heavy (non-hydrogen) atoms. The summed E-state index contributed by atoms with van der Waals surface area (Å²) in [7, 11) is -3.13. The second kappa shape index (κ2) is 8.57. The highest BCUT2D eigenvalue weighted by Gasteiger charge is 2.45. The number of sulfone groups is 1. The fraction of sp³-hybridized carbons (Fsp3) is 0.455. The lowest BCUT2D eigenvalue weighted by Gasteiger charge is -2.38. The van der Waals surface area contributed by atoms with Crippen LogP contribution in [0.15, 0.2) is 24.5 Å². The highest BCUT2D eigenvalue weighted by Crippen LogP contribution is 2.32. The van der Waals surface area contributed by atoms with E-state index in [1.54, 1.807) is 17.7 Å². The van der Waals surface area contributed by atoms with Gasteiger partial charge in [0, 0.05) is 23.9 Å². The highest BCUT2D eigenvalue weighted by molar-refractivity contribution is 7.93. The third-order valence-corrected chi connectivity index (χ3v) is 7.49. The zero-order valence-electron chi connectivity index (χ0n) is 19.2. The van der Waals surface area contributed by atoms with Crippen LogP contribution in [0.4, 0.5) is 8.78 Å². The molecule has 1 saturated heterocycles. The van der Waals surface area contributed by atoms with Crippen molar-refractivity contribution < 1.29 is 26.7 Å². The van der Waals surface area contributed by atoms with Crippen LogP contribution >= 0.6 is 0 Å². The van der Waals surface area contributed by atoms with Crippen LogP contribution in [0.5, 0.6) is 5.88 Å². The van der Waals surface area contributed by atoms with E-state index < -0.39 is 33.3 Å². The molecule has 12 heteroatoms. The van der Waals surface area contributed by atoms with Gasteiger partial charge < -0.3 is 10.1 Å². The molecule has 3 aromatic heterocycles. The maximum atomic E-state index is 14.7. The Hall–Kier alpha value is -3.15. The summed E-state index contributed by atoms with van der Waals surface area (Å²) in [6, 6.07) is 2.79. The molecule has 0 radical (unpaired) electrons. The summed E-state index contributed by atoms with van der Waals surface area (Å²) in [4.78, 5) is 21.0. The smallest absolute Gasteiger partial charge is 0.253 e. The SMILES string of the molecule is CC(F)COc1cc(-c2nn(C(C)C)c3cc(C(=O)NC4(C)CS(=O)(=O)C4)cnc23)c(F)cn1. The van der Waals surface area contributed by atoms with Crippen molar-refractivity contribution in [2.24, 2.45) is 0 Å². The number of halogens is 2. The van der Waals surface area contributed by atoms with E-state index in [-0.39, 0.29) is 46.9 Å². The van der Waals surface area contributed by atoms with Crippen molar-refractivity contribution in [3.05, 3.63) is 35.9 Å². The molecule has 1 fully saturated rings. The van der Waals surface area contributed by atoms with E-state index >= 15 is 0 Å². The average Bonchev–Trinajstić information content (AvgIpc) is 3.10. The van der Waals surface area contributed by atoms with E-state index in [1.807, 2.05) is 13.8 Å². The van der Waals surface area contributed by atoms with E-state index in [9.17, 15) is 22.0 Å². The van der Waals surface area contributed by atoms with Crippen molar-refractivity contribution in [2.45, 2.75) is 45.4 Å². The van der Waals surface area contributed by atoms with Crippen molar-refractivity contribution in [2.75, 3.05) is 18.1 Å². The van der Waals surface area contributed by atoms with Crippen molar-refractivity contribution in [1.29, 1.82) is 0 Å². The lowest BCUT2D eigenvalue weighted by molar-refractivity contribution is 0.0916. The van der Waals surface area contributed by atoms with Gasteiger partial charge in [-0.3, -0.25) is 14.5 Å². The van der Waals surface area contributed by atoms with E-state index in [2.05, 4.69) is 20.4 Å². The summed E-state index contributed by atoms with van der Waals surface area (Å²) < 4.78 is 57.8. The maximum absolute atomic E-state index is 14.7. The van der Waals surface area contributed by atoms with Gasteiger partial charge in [-0.1, -0.05) is 0 Å². The lowest BCUT2D eigenvalue weighted by atomic mass is 10.1. The number of nitrogens with zero attached hydrogens (tertiary/aromatic N) is 4. The van der Waals surface area contributed by atoms with Crippen LogP contribution in [0.2, 0.25) is 0 Å². The number of nitrogens with one attached hydrogen (secondary N) is 1. The van der Waals surface area contributed by atoms with Gasteiger partial charge in [0.05, 0.1) is 34.3 Å². The summed E-state index contributed by atoms with van der Waals surface area (Å²) in [5.74, 6) is -1.31. The van der Waals surface area contributed by atoms with Gasteiger partial charge in [0.25, 0.3) is 5.91 Å². The summed E-state index contributed by atoms with van der Waals surface area (Å²) >= 11 is 0. The molecule has 4 rings (SSSR count). The molecular formula is C22H25F2N5O4S. The molecular weight excluding hydrogens is 468 g/mol. The van der Waals surface area contributed by atoms with Crippen LogP contribution in [0, 0.1) is 5.82 Å². The monoisotopic (exact) mass is 493 g/mol. The number of amides is 1. The third-order valence-electron chi connectivity index (χ3n) is 5.34. The molecule has 1 unspecified atom stereocenters. The molecule has 0 spiro atoms. The second-order valence-electron chi connectivity index (χ2n) is 9.12. The van der Waals surface area contributed by atoms with Crippen LogP contribution in [-0.4, -0.2) is 63.9 Å². The molecule has 0 bridgehead atoms. The van der Waals surface area contributed by atoms with Gasteiger partial charge >= 0.3 is 0 Å². The number of fused-ring (bicyclic) bond motifs is 1. The number of hydrogen-bond acceptors (Lipinski definition) is 7. The molecule has 4 heterocycles. The van der Waals surface area contributed by atoms with Crippen LogP contribution in [0.3, 0.4) is 0 Å². The number of pyridine rings is 2. The minimum Gasteiger partial charge on any atom is -0.475 e. The zero-order chi connectivity index (χ0) is 24.8. The first kappa shape index (κ1) is 24.0. The molecule has 1 amide bonds. The number of rotatable bonds is 7. The number of carbonyl (C=O) groups excluding carboxylic acids is 1. The molecule has 3 aromatic rings. The lowest BCUT2D eigenvalue weighted by Crippen LogP contribution is -2.63. The van der Waals surface area contributed by atoms with E-state index in [0.717, 1.165) is 6.20 Å². The van der Waals surface area contributed by atoms with Crippen LogP contribution in [0.25, 0.3) is 22.3 Å². The van der Waals surface area contributed by atoms with Gasteiger partial charge in [0.1, 0.15) is 24.0 Å². The van der Waals surface area contributed by atoms with Gasteiger partial charge in [0.15, 0.2) is 15.7 Å². The molecule has 0 aliphatic carbocycles. The third kappa shape index (κ3) is 4.72. The van der Waals surface area contributed by atoms with Gasteiger partial charge in [-0.15, -0.1) is 0 Å². The Morgan fingerprint density at radius 1 is 1.24 bits per heavy atom. The minimum absolute atomic E-state index is 0.0489. The zero-order valence-corrected chi connectivity index (χ0v) is 20.0. The highest BCUT2D eigenvalue weighted by atomic mass is 32.2. The van der Waals surface area contributed by atoms with Crippen molar-refractivity contribution in [3.63, 3.8) is 0 Å². The fourth-order valence-electron chi connectivity index (χ4n) is 3.95. The van der Waals surface area contributed by atoms with Crippen LogP contribution in [-0.2, 0) is 9.84 Å². The molecule has 1 aliphatic rings. The molecule has 1 atom stereocenters. The quantitative estimate of drug-likeness (QED) is 0.538. The van der Waals surface area contributed by atoms with Gasteiger partial charge in [-0.05, 0) is 33.8 Å². The van der Waals surface area contributed by atoms with E-state index in [1.165, 1.54) is 19.2 Å². The van der Waals surface area contributed by atoms with Gasteiger partial charge in [0.2, 0.25) is 5.88 Å².